The number of oxazole rings is 1. The van der Waals surface area contributed by atoms with Gasteiger partial charge < -0.3 is 19.2 Å². The Kier molecular flexibility index (Phi) is 3.41. The normalized spacial score (nSPS) is 15.1. The summed E-state index contributed by atoms with van der Waals surface area (Å²) < 4.78 is 5.83. The number of fused-ring (bicyclic) bond motifs is 2. The molecule has 4 aromatic rings. The standard InChI is InChI=1S/C20H18N4O2/c25-19(17-13-14-5-1-2-6-15(14)21-17)23-9-11-24(12-10-23)20-22-16-7-3-4-8-18(16)26-20/h1-8,13,21H,9-12H2. The van der Waals surface area contributed by atoms with Crippen molar-refractivity contribution in [1.82, 2.24) is 14.9 Å². The molecule has 0 saturated carbocycles. The fourth-order valence-corrected chi connectivity index (χ4v) is 3.46. The second-order valence-corrected chi connectivity index (χ2v) is 6.51. The van der Waals surface area contributed by atoms with Gasteiger partial charge in [0.15, 0.2) is 5.58 Å². The van der Waals surface area contributed by atoms with Gasteiger partial charge in [0.05, 0.1) is 0 Å². The fraction of sp³-hybridized carbons (Fsp3) is 0.200. The van der Waals surface area contributed by atoms with Gasteiger partial charge in [-0.15, -0.1) is 0 Å². The van der Waals surface area contributed by atoms with Crippen molar-refractivity contribution >= 4 is 33.9 Å². The molecule has 1 amide bonds. The zero-order valence-electron chi connectivity index (χ0n) is 14.2. The van der Waals surface area contributed by atoms with Crippen LogP contribution in [0.3, 0.4) is 0 Å². The Labute approximate surface area is 150 Å². The molecule has 2 aromatic carbocycles. The number of amides is 1. The van der Waals surface area contributed by atoms with Gasteiger partial charge in [0.25, 0.3) is 11.9 Å². The molecule has 1 N–H and O–H groups in total. The lowest BCUT2D eigenvalue weighted by molar-refractivity contribution is 0.0740. The first-order chi connectivity index (χ1) is 12.8. The first-order valence-electron chi connectivity index (χ1n) is 8.75. The summed E-state index contributed by atoms with van der Waals surface area (Å²) >= 11 is 0. The Bertz CT molecular complexity index is 1020. The molecule has 3 heterocycles. The van der Waals surface area contributed by atoms with Crippen LogP contribution in [0.1, 0.15) is 10.5 Å². The van der Waals surface area contributed by atoms with Crippen molar-refractivity contribution in [3.63, 3.8) is 0 Å². The van der Waals surface area contributed by atoms with E-state index in [2.05, 4.69) is 14.9 Å². The van der Waals surface area contributed by atoms with Crippen LogP contribution in [0, 0.1) is 0 Å². The van der Waals surface area contributed by atoms with Crippen LogP contribution >= 0.6 is 0 Å². The molecule has 0 spiro atoms. The monoisotopic (exact) mass is 346 g/mol. The number of para-hydroxylation sites is 3. The number of nitrogens with one attached hydrogen (secondary N) is 1. The number of rotatable bonds is 2. The van der Waals surface area contributed by atoms with E-state index in [0.717, 1.165) is 22.0 Å². The van der Waals surface area contributed by atoms with Gasteiger partial charge in [0.2, 0.25) is 0 Å². The SMILES string of the molecule is O=C(c1cc2ccccc2[nH]1)N1CCN(c2nc3ccccc3o2)CC1. The van der Waals surface area contributed by atoms with E-state index in [9.17, 15) is 4.79 Å². The summed E-state index contributed by atoms with van der Waals surface area (Å²) in [6.45, 7) is 2.71. The molecule has 130 valence electrons. The Morgan fingerprint density at radius 1 is 1.00 bits per heavy atom. The highest BCUT2D eigenvalue weighted by Crippen LogP contribution is 2.23. The van der Waals surface area contributed by atoms with E-state index >= 15 is 0 Å². The first-order valence-corrected chi connectivity index (χ1v) is 8.75. The molecule has 0 bridgehead atoms. The van der Waals surface area contributed by atoms with E-state index in [-0.39, 0.29) is 5.91 Å². The van der Waals surface area contributed by atoms with Gasteiger partial charge in [-0.1, -0.05) is 30.3 Å². The number of H-pyrrole nitrogens is 1. The van der Waals surface area contributed by atoms with Crippen LogP contribution in [0.4, 0.5) is 6.01 Å². The average Bonchev–Trinajstić information content (AvgIpc) is 3.31. The summed E-state index contributed by atoms with van der Waals surface area (Å²) in [4.78, 5) is 24.5. The van der Waals surface area contributed by atoms with Crippen LogP contribution in [0.25, 0.3) is 22.0 Å². The Balaban J connectivity index is 1.31. The van der Waals surface area contributed by atoms with Crippen LogP contribution in [-0.4, -0.2) is 47.0 Å². The van der Waals surface area contributed by atoms with Gasteiger partial charge in [-0.2, -0.15) is 4.98 Å². The molecule has 1 saturated heterocycles. The second kappa shape index (κ2) is 5.91. The van der Waals surface area contributed by atoms with E-state index in [1.165, 1.54) is 0 Å². The van der Waals surface area contributed by atoms with E-state index in [4.69, 9.17) is 4.42 Å². The minimum absolute atomic E-state index is 0.0402. The van der Waals surface area contributed by atoms with Crippen molar-refractivity contribution in [3.8, 4) is 0 Å². The second-order valence-electron chi connectivity index (χ2n) is 6.51. The van der Waals surface area contributed by atoms with E-state index < -0.39 is 0 Å². The van der Waals surface area contributed by atoms with E-state index in [1.54, 1.807) is 0 Å². The minimum Gasteiger partial charge on any atom is -0.423 e. The molecule has 0 radical (unpaired) electrons. The quantitative estimate of drug-likeness (QED) is 0.605. The fourth-order valence-electron chi connectivity index (χ4n) is 3.46. The van der Waals surface area contributed by atoms with Crippen LogP contribution in [0.15, 0.2) is 59.0 Å². The highest BCUT2D eigenvalue weighted by molar-refractivity contribution is 5.98. The molecule has 6 nitrogen and oxygen atoms in total. The Morgan fingerprint density at radius 2 is 1.77 bits per heavy atom. The summed E-state index contributed by atoms with van der Waals surface area (Å²) in [5.41, 5.74) is 3.28. The number of carbonyl (C=O) groups is 1. The number of aromatic nitrogens is 2. The van der Waals surface area contributed by atoms with E-state index in [1.807, 2.05) is 59.5 Å². The largest absolute Gasteiger partial charge is 0.423 e. The van der Waals surface area contributed by atoms with Gasteiger partial charge >= 0.3 is 0 Å². The third kappa shape index (κ3) is 2.50. The van der Waals surface area contributed by atoms with Crippen molar-refractivity contribution in [2.45, 2.75) is 0 Å². The van der Waals surface area contributed by atoms with Crippen molar-refractivity contribution in [1.29, 1.82) is 0 Å². The lowest BCUT2D eigenvalue weighted by Gasteiger charge is -2.33. The van der Waals surface area contributed by atoms with Crippen molar-refractivity contribution in [3.05, 3.63) is 60.3 Å². The highest BCUT2D eigenvalue weighted by atomic mass is 16.4. The summed E-state index contributed by atoms with van der Waals surface area (Å²) in [6.07, 6.45) is 0. The number of aromatic amines is 1. The molecule has 0 atom stereocenters. The van der Waals surface area contributed by atoms with Crippen molar-refractivity contribution in [2.75, 3.05) is 31.1 Å². The molecule has 6 heteroatoms. The molecule has 1 aliphatic rings. The minimum atomic E-state index is 0.0402. The van der Waals surface area contributed by atoms with Gasteiger partial charge in [0, 0.05) is 37.1 Å². The number of benzene rings is 2. The first kappa shape index (κ1) is 15.0. The lowest BCUT2D eigenvalue weighted by atomic mass is 10.2. The van der Waals surface area contributed by atoms with Gasteiger partial charge in [-0.25, -0.2) is 0 Å². The van der Waals surface area contributed by atoms with Crippen LogP contribution in [0.5, 0.6) is 0 Å². The molecular weight excluding hydrogens is 328 g/mol. The number of carbonyl (C=O) groups excluding carboxylic acids is 1. The van der Waals surface area contributed by atoms with Crippen molar-refractivity contribution in [2.24, 2.45) is 0 Å². The summed E-state index contributed by atoms with van der Waals surface area (Å²) in [5, 5.41) is 1.06. The number of anilines is 1. The topological polar surface area (TPSA) is 65.4 Å². The lowest BCUT2D eigenvalue weighted by Crippen LogP contribution is -2.49. The molecule has 2 aromatic heterocycles. The molecule has 0 aliphatic carbocycles. The molecule has 26 heavy (non-hydrogen) atoms. The zero-order valence-corrected chi connectivity index (χ0v) is 14.2. The number of hydrogen-bond acceptors (Lipinski definition) is 4. The summed E-state index contributed by atoms with van der Waals surface area (Å²) in [5.74, 6) is 0.0402. The molecule has 0 unspecified atom stereocenters. The predicted molar refractivity (Wildman–Crippen MR) is 100 cm³/mol. The zero-order chi connectivity index (χ0) is 17.5. The van der Waals surface area contributed by atoms with Gasteiger partial charge in [-0.05, 0) is 24.3 Å². The molecule has 5 rings (SSSR count). The van der Waals surface area contributed by atoms with Crippen LogP contribution < -0.4 is 4.90 Å². The van der Waals surface area contributed by atoms with Gasteiger partial charge in [0.1, 0.15) is 11.2 Å². The summed E-state index contributed by atoms with van der Waals surface area (Å²) in [6, 6.07) is 18.2. The third-order valence-corrected chi connectivity index (χ3v) is 4.88. The van der Waals surface area contributed by atoms with Crippen LogP contribution in [-0.2, 0) is 0 Å². The Hall–Kier alpha value is -3.28. The van der Waals surface area contributed by atoms with E-state index in [0.29, 0.717) is 37.9 Å². The average molecular weight is 346 g/mol. The number of nitrogens with zero attached hydrogens (tertiary/aromatic N) is 3. The maximum absolute atomic E-state index is 12.8. The maximum atomic E-state index is 12.8. The van der Waals surface area contributed by atoms with Crippen molar-refractivity contribution < 1.29 is 9.21 Å². The maximum Gasteiger partial charge on any atom is 0.298 e. The van der Waals surface area contributed by atoms with Crippen LogP contribution in [0.2, 0.25) is 0 Å². The third-order valence-electron chi connectivity index (χ3n) is 4.88. The smallest absolute Gasteiger partial charge is 0.298 e. The van der Waals surface area contributed by atoms with Gasteiger partial charge in [-0.3, -0.25) is 4.79 Å². The Morgan fingerprint density at radius 3 is 2.58 bits per heavy atom. The number of hydrogen-bond donors (Lipinski definition) is 1. The highest BCUT2D eigenvalue weighted by Gasteiger charge is 2.25. The predicted octanol–water partition coefficient (Wildman–Crippen LogP) is 3.27. The molecule has 1 fully saturated rings. The molecular formula is C20H18N4O2. The molecule has 1 aliphatic heterocycles. The number of piperazine rings is 1. The summed E-state index contributed by atoms with van der Waals surface area (Å²) in [7, 11) is 0.